The van der Waals surface area contributed by atoms with Crippen molar-refractivity contribution < 1.29 is 4.79 Å². The summed E-state index contributed by atoms with van der Waals surface area (Å²) in [6.07, 6.45) is 9.26. The molecule has 4 rings (SSSR count). The minimum Gasteiger partial charge on any atom is -0.336 e. The van der Waals surface area contributed by atoms with Gasteiger partial charge in [-0.1, -0.05) is 6.42 Å². The predicted octanol–water partition coefficient (Wildman–Crippen LogP) is 1.36. The van der Waals surface area contributed by atoms with Crippen LogP contribution in [0, 0.1) is 0 Å². The van der Waals surface area contributed by atoms with Crippen molar-refractivity contribution in [3.63, 3.8) is 0 Å². The molecule has 1 spiro atoms. The number of pyridine rings is 1. The molecule has 1 aromatic heterocycles. The number of carbonyl (C=O) groups excluding carboxylic acids is 1. The maximum Gasteiger partial charge on any atom is 0.238 e. The molecule has 0 unspecified atom stereocenters. The zero-order chi connectivity index (χ0) is 15.0. The molecule has 0 bridgehead atoms. The van der Waals surface area contributed by atoms with Crippen LogP contribution in [-0.2, 0) is 11.3 Å². The van der Waals surface area contributed by atoms with Gasteiger partial charge in [-0.2, -0.15) is 0 Å². The average Bonchev–Trinajstić information content (AvgIpc) is 2.84. The summed E-state index contributed by atoms with van der Waals surface area (Å²) in [5.41, 5.74) is 1.26. The number of amides is 1. The molecule has 1 amide bonds. The van der Waals surface area contributed by atoms with E-state index in [9.17, 15) is 4.79 Å². The number of rotatable bonds is 2. The van der Waals surface area contributed by atoms with Crippen molar-refractivity contribution in [1.29, 1.82) is 0 Å². The summed E-state index contributed by atoms with van der Waals surface area (Å²) in [6, 6.07) is 4.31. The van der Waals surface area contributed by atoms with Crippen molar-refractivity contribution in [3.05, 3.63) is 30.1 Å². The Bertz CT molecular complexity index is 539. The highest BCUT2D eigenvalue weighted by atomic mass is 16.2. The molecule has 4 heterocycles. The first kappa shape index (κ1) is 14.2. The van der Waals surface area contributed by atoms with Crippen LogP contribution in [0.3, 0.4) is 0 Å². The summed E-state index contributed by atoms with van der Waals surface area (Å²) in [7, 11) is 0. The van der Waals surface area contributed by atoms with E-state index in [0.717, 1.165) is 45.4 Å². The van der Waals surface area contributed by atoms with Crippen molar-refractivity contribution >= 4 is 5.91 Å². The van der Waals surface area contributed by atoms with Crippen molar-refractivity contribution in [2.45, 2.75) is 50.4 Å². The third kappa shape index (κ3) is 2.42. The van der Waals surface area contributed by atoms with E-state index >= 15 is 0 Å². The molecule has 22 heavy (non-hydrogen) atoms. The molecule has 1 aromatic rings. The highest BCUT2D eigenvalue weighted by Crippen LogP contribution is 2.37. The molecule has 0 saturated carbocycles. The molecular weight excluding hydrogens is 276 g/mol. The number of hydrogen-bond donors (Lipinski definition) is 1. The minimum atomic E-state index is -0.0586. The van der Waals surface area contributed by atoms with Gasteiger partial charge < -0.3 is 5.32 Å². The topological polar surface area (TPSA) is 48.5 Å². The Labute approximate surface area is 131 Å². The van der Waals surface area contributed by atoms with Crippen LogP contribution in [0.5, 0.6) is 0 Å². The second-order valence-corrected chi connectivity index (χ2v) is 6.86. The van der Waals surface area contributed by atoms with Crippen molar-refractivity contribution in [1.82, 2.24) is 20.1 Å². The number of fused-ring (bicyclic) bond motifs is 2. The molecule has 3 aliphatic heterocycles. The summed E-state index contributed by atoms with van der Waals surface area (Å²) in [5, 5.41) is 3.35. The Balaban J connectivity index is 1.42. The summed E-state index contributed by atoms with van der Waals surface area (Å²) in [4.78, 5) is 21.3. The highest BCUT2D eigenvalue weighted by Gasteiger charge is 2.52. The van der Waals surface area contributed by atoms with E-state index in [1.807, 2.05) is 12.4 Å². The van der Waals surface area contributed by atoms with Crippen LogP contribution in [0.2, 0.25) is 0 Å². The van der Waals surface area contributed by atoms with Gasteiger partial charge in [0.1, 0.15) is 0 Å². The maximum atomic E-state index is 12.3. The first-order chi connectivity index (χ1) is 10.8. The monoisotopic (exact) mass is 300 g/mol. The number of aromatic nitrogens is 1. The smallest absolute Gasteiger partial charge is 0.238 e. The molecule has 5 heteroatoms. The molecule has 1 N–H and O–H groups in total. The summed E-state index contributed by atoms with van der Waals surface area (Å²) in [5.74, 6) is 0.266. The van der Waals surface area contributed by atoms with Crippen LogP contribution in [-0.4, -0.2) is 52.0 Å². The lowest BCUT2D eigenvalue weighted by Crippen LogP contribution is -2.59. The van der Waals surface area contributed by atoms with E-state index in [4.69, 9.17) is 0 Å². The number of nitrogens with zero attached hydrogens (tertiary/aromatic N) is 3. The van der Waals surface area contributed by atoms with Crippen LogP contribution in [0.4, 0.5) is 0 Å². The normalized spacial score (nSPS) is 28.5. The third-order valence-electron chi connectivity index (χ3n) is 5.55. The SMILES string of the molecule is O=C1NC2(CCN(Cc3ccncc3)CC2)N2CCCC[C@H]12. The number of likely N-dealkylation sites (tertiary alicyclic amines) is 1. The van der Waals surface area contributed by atoms with Crippen LogP contribution in [0.25, 0.3) is 0 Å². The van der Waals surface area contributed by atoms with Gasteiger partial charge >= 0.3 is 0 Å². The van der Waals surface area contributed by atoms with Gasteiger partial charge in [0.2, 0.25) is 5.91 Å². The fraction of sp³-hybridized carbons (Fsp3) is 0.647. The molecule has 3 aliphatic rings. The number of hydrogen-bond acceptors (Lipinski definition) is 4. The predicted molar refractivity (Wildman–Crippen MR) is 84.0 cm³/mol. The number of nitrogens with one attached hydrogen (secondary N) is 1. The standard InChI is InChI=1S/C17H24N4O/c22-16-15-3-1-2-10-21(15)17(19-16)6-11-20(12-7-17)13-14-4-8-18-9-5-14/h4-5,8-9,15H,1-3,6-7,10-13H2,(H,19,22)/t15-/m1/s1. The van der Waals surface area contributed by atoms with E-state index in [2.05, 4.69) is 32.2 Å². The van der Waals surface area contributed by atoms with E-state index in [0.29, 0.717) is 0 Å². The Kier molecular flexibility index (Phi) is 3.62. The molecule has 0 radical (unpaired) electrons. The van der Waals surface area contributed by atoms with Crippen molar-refractivity contribution in [2.75, 3.05) is 19.6 Å². The van der Waals surface area contributed by atoms with Crippen molar-refractivity contribution in [2.24, 2.45) is 0 Å². The first-order valence-electron chi connectivity index (χ1n) is 8.47. The Morgan fingerprint density at radius 1 is 1.18 bits per heavy atom. The number of piperidine rings is 2. The Morgan fingerprint density at radius 3 is 2.73 bits per heavy atom. The fourth-order valence-corrected chi connectivity index (χ4v) is 4.34. The summed E-state index contributed by atoms with van der Waals surface area (Å²) >= 11 is 0. The second-order valence-electron chi connectivity index (χ2n) is 6.86. The molecule has 3 fully saturated rings. The van der Waals surface area contributed by atoms with Crippen molar-refractivity contribution in [3.8, 4) is 0 Å². The quantitative estimate of drug-likeness (QED) is 0.896. The van der Waals surface area contributed by atoms with E-state index in [1.165, 1.54) is 18.4 Å². The molecule has 5 nitrogen and oxygen atoms in total. The zero-order valence-electron chi connectivity index (χ0n) is 13.0. The Morgan fingerprint density at radius 2 is 1.95 bits per heavy atom. The molecule has 1 atom stereocenters. The van der Waals surface area contributed by atoms with Crippen LogP contribution < -0.4 is 5.32 Å². The average molecular weight is 300 g/mol. The molecule has 0 aromatic carbocycles. The van der Waals surface area contributed by atoms with Gasteiger partial charge in [0.15, 0.2) is 0 Å². The highest BCUT2D eigenvalue weighted by molar-refractivity contribution is 5.85. The molecular formula is C17H24N4O. The van der Waals surface area contributed by atoms with Gasteiger partial charge in [0.05, 0.1) is 11.7 Å². The zero-order valence-corrected chi connectivity index (χ0v) is 13.0. The molecule has 118 valence electrons. The minimum absolute atomic E-state index is 0.0586. The van der Waals surface area contributed by atoms with E-state index in [1.54, 1.807) is 0 Å². The first-order valence-corrected chi connectivity index (χ1v) is 8.47. The lowest BCUT2D eigenvalue weighted by atomic mass is 9.93. The van der Waals surface area contributed by atoms with E-state index < -0.39 is 0 Å². The van der Waals surface area contributed by atoms with Gasteiger partial charge in [-0.15, -0.1) is 0 Å². The van der Waals surface area contributed by atoms with Crippen LogP contribution in [0.1, 0.15) is 37.7 Å². The Hall–Kier alpha value is -1.46. The van der Waals surface area contributed by atoms with Gasteiger partial charge in [0, 0.05) is 38.6 Å². The molecule has 0 aliphatic carbocycles. The largest absolute Gasteiger partial charge is 0.336 e. The lowest BCUT2D eigenvalue weighted by Gasteiger charge is -2.46. The van der Waals surface area contributed by atoms with Crippen LogP contribution in [0.15, 0.2) is 24.5 Å². The van der Waals surface area contributed by atoms with Gasteiger partial charge in [-0.25, -0.2) is 0 Å². The summed E-state index contributed by atoms with van der Waals surface area (Å²) in [6.45, 7) is 4.15. The van der Waals surface area contributed by atoms with E-state index in [-0.39, 0.29) is 17.6 Å². The van der Waals surface area contributed by atoms with Crippen LogP contribution >= 0.6 is 0 Å². The van der Waals surface area contributed by atoms with Gasteiger partial charge in [-0.05, 0) is 43.4 Å². The second kappa shape index (κ2) is 5.63. The van der Waals surface area contributed by atoms with Gasteiger partial charge in [0.25, 0.3) is 0 Å². The summed E-state index contributed by atoms with van der Waals surface area (Å²) < 4.78 is 0. The molecule has 3 saturated heterocycles. The maximum absolute atomic E-state index is 12.3. The number of carbonyl (C=O) groups is 1. The lowest BCUT2D eigenvalue weighted by molar-refractivity contribution is -0.122. The third-order valence-corrected chi connectivity index (χ3v) is 5.55. The van der Waals surface area contributed by atoms with Gasteiger partial charge in [-0.3, -0.25) is 19.6 Å². The fourth-order valence-electron chi connectivity index (χ4n) is 4.34.